The second-order valence-electron chi connectivity index (χ2n) is 1.85. The summed E-state index contributed by atoms with van der Waals surface area (Å²) in [6.07, 6.45) is 0.288. The van der Waals surface area contributed by atoms with E-state index in [1.165, 1.54) is 14.0 Å². The Hall–Kier alpha value is -1.06. The van der Waals surface area contributed by atoms with Crippen LogP contribution in [0.1, 0.15) is 13.3 Å². The monoisotopic (exact) mass is 143 g/mol. The summed E-state index contributed by atoms with van der Waals surface area (Å²) in [6.45, 7) is 1.79. The van der Waals surface area contributed by atoms with Crippen molar-refractivity contribution in [1.29, 1.82) is 0 Å². The van der Waals surface area contributed by atoms with Crippen LogP contribution in [0.3, 0.4) is 0 Å². The summed E-state index contributed by atoms with van der Waals surface area (Å²) >= 11 is 0. The van der Waals surface area contributed by atoms with E-state index in [9.17, 15) is 9.90 Å². The highest BCUT2D eigenvalue weighted by Crippen LogP contribution is 1.75. The Kier molecular flexibility index (Phi) is 4.28. The van der Waals surface area contributed by atoms with Gasteiger partial charge >= 0.3 is 0 Å². The molecule has 0 bridgehead atoms. The third-order valence-corrected chi connectivity index (χ3v) is 0.962. The third kappa shape index (κ3) is 5.08. The maximum Gasteiger partial charge on any atom is 0.216 e. The Labute approximate surface area is 60.0 Å². The van der Waals surface area contributed by atoms with Gasteiger partial charge in [-0.15, -0.1) is 0 Å². The first-order valence-electron chi connectivity index (χ1n) is 3.04. The Morgan fingerprint density at radius 1 is 1.70 bits per heavy atom. The molecule has 0 rings (SSSR count). The molecule has 0 radical (unpaired) electrons. The van der Waals surface area contributed by atoms with Gasteiger partial charge in [-0.1, -0.05) is 0 Å². The van der Waals surface area contributed by atoms with Gasteiger partial charge < -0.3 is 15.4 Å². The number of carbonyl (C=O) groups is 1. The summed E-state index contributed by atoms with van der Waals surface area (Å²) in [5.74, 6) is -0.308. The summed E-state index contributed by atoms with van der Waals surface area (Å²) in [5, 5.41) is 13.0. The zero-order valence-electron chi connectivity index (χ0n) is 6.18. The fraction of sp³-hybridized carbons (Fsp3) is 0.667. The third-order valence-electron chi connectivity index (χ3n) is 0.962. The van der Waals surface area contributed by atoms with Crippen molar-refractivity contribution in [2.45, 2.75) is 13.3 Å². The molecule has 0 heterocycles. The van der Waals surface area contributed by atoms with Gasteiger partial charge in [0, 0.05) is 20.5 Å². The Morgan fingerprint density at radius 3 is 2.70 bits per heavy atom. The number of carbonyl (C=O) groups excluding carboxylic acids is 1. The fourth-order valence-corrected chi connectivity index (χ4v) is 0.457. The van der Waals surface area contributed by atoms with E-state index in [-0.39, 0.29) is 18.2 Å². The topological polar surface area (TPSA) is 64.5 Å². The number of amides is 1. The zero-order valence-corrected chi connectivity index (χ0v) is 6.18. The van der Waals surface area contributed by atoms with E-state index in [2.05, 4.69) is 10.3 Å². The number of hydrogen-bond acceptors (Lipinski definition) is 3. The maximum atomic E-state index is 10.5. The lowest BCUT2D eigenvalue weighted by atomic mass is 10.4. The SMILES string of the molecule is CN=C([O-])CCNC(C)=O. The minimum atomic E-state index is -0.186. The highest BCUT2D eigenvalue weighted by atomic mass is 16.3. The second kappa shape index (κ2) is 4.78. The number of nitrogens with zero attached hydrogens (tertiary/aromatic N) is 1. The Bertz CT molecular complexity index is 143. The summed E-state index contributed by atoms with van der Waals surface area (Å²) in [7, 11) is 1.44. The van der Waals surface area contributed by atoms with Gasteiger partial charge in [0.15, 0.2) is 0 Å². The molecule has 4 heteroatoms. The van der Waals surface area contributed by atoms with Crippen LogP contribution in [0.2, 0.25) is 0 Å². The molecule has 1 N–H and O–H groups in total. The number of rotatable bonds is 3. The standard InChI is InChI=1S/C6H12N2O2/c1-5(9)8-4-3-6(10)7-2/h3-4H2,1-2H3,(H,7,10)(H,8,9)/p-1. The van der Waals surface area contributed by atoms with Crippen molar-refractivity contribution in [1.82, 2.24) is 5.32 Å². The van der Waals surface area contributed by atoms with E-state index in [4.69, 9.17) is 0 Å². The lowest BCUT2D eigenvalue weighted by Gasteiger charge is -2.08. The predicted octanol–water partition coefficient (Wildman–Crippen LogP) is -1.10. The zero-order chi connectivity index (χ0) is 7.98. The molecule has 10 heavy (non-hydrogen) atoms. The fourth-order valence-electron chi connectivity index (χ4n) is 0.457. The van der Waals surface area contributed by atoms with Crippen LogP contribution in [0.4, 0.5) is 0 Å². The van der Waals surface area contributed by atoms with E-state index in [1.807, 2.05) is 0 Å². The molecule has 0 aromatic carbocycles. The second-order valence-corrected chi connectivity index (χ2v) is 1.85. The van der Waals surface area contributed by atoms with Crippen molar-refractivity contribution >= 4 is 11.8 Å². The molecule has 1 amide bonds. The van der Waals surface area contributed by atoms with Gasteiger partial charge in [-0.2, -0.15) is 0 Å². The normalized spacial score (nSPS) is 11.2. The average molecular weight is 143 g/mol. The first-order chi connectivity index (χ1) is 4.66. The molecule has 0 aliphatic rings. The maximum absolute atomic E-state index is 10.5. The van der Waals surface area contributed by atoms with E-state index in [1.54, 1.807) is 0 Å². The molecule has 0 saturated heterocycles. The molecule has 0 aliphatic heterocycles. The smallest absolute Gasteiger partial charge is 0.216 e. The van der Waals surface area contributed by atoms with Crippen LogP contribution in [0.5, 0.6) is 0 Å². The van der Waals surface area contributed by atoms with Gasteiger partial charge in [-0.05, 0) is 12.3 Å². The van der Waals surface area contributed by atoms with Crippen molar-refractivity contribution in [3.8, 4) is 0 Å². The minimum absolute atomic E-state index is 0.121. The van der Waals surface area contributed by atoms with Gasteiger partial charge in [-0.3, -0.25) is 4.79 Å². The van der Waals surface area contributed by atoms with Crippen molar-refractivity contribution in [2.24, 2.45) is 4.99 Å². The molecule has 0 aromatic heterocycles. The predicted molar refractivity (Wildman–Crippen MR) is 36.7 cm³/mol. The minimum Gasteiger partial charge on any atom is -0.862 e. The molecule has 0 unspecified atom stereocenters. The molecule has 4 nitrogen and oxygen atoms in total. The highest BCUT2D eigenvalue weighted by Gasteiger charge is 1.88. The van der Waals surface area contributed by atoms with Crippen LogP contribution in [0, 0.1) is 0 Å². The van der Waals surface area contributed by atoms with Crippen molar-refractivity contribution in [2.75, 3.05) is 13.6 Å². The highest BCUT2D eigenvalue weighted by molar-refractivity contribution is 5.75. The van der Waals surface area contributed by atoms with E-state index < -0.39 is 0 Å². The summed E-state index contributed by atoms with van der Waals surface area (Å²) in [6, 6.07) is 0. The molecule has 0 aliphatic carbocycles. The first-order valence-corrected chi connectivity index (χ1v) is 3.04. The molecule has 0 fully saturated rings. The quantitative estimate of drug-likeness (QED) is 0.402. The largest absolute Gasteiger partial charge is 0.862 e. The summed E-state index contributed by atoms with van der Waals surface area (Å²) in [4.78, 5) is 13.7. The van der Waals surface area contributed by atoms with E-state index >= 15 is 0 Å². The molecule has 0 spiro atoms. The molecule has 0 atom stereocenters. The Balaban J connectivity index is 3.29. The van der Waals surface area contributed by atoms with Gasteiger partial charge in [0.25, 0.3) is 0 Å². The van der Waals surface area contributed by atoms with Crippen LogP contribution in [0.15, 0.2) is 4.99 Å². The molecule has 0 saturated carbocycles. The summed E-state index contributed by atoms with van der Waals surface area (Å²) < 4.78 is 0. The van der Waals surface area contributed by atoms with Gasteiger partial charge in [0.05, 0.1) is 0 Å². The van der Waals surface area contributed by atoms with E-state index in [0.717, 1.165) is 0 Å². The molecular formula is C6H11N2O2-. The van der Waals surface area contributed by atoms with Crippen LogP contribution in [-0.2, 0) is 4.79 Å². The molecular weight excluding hydrogens is 132 g/mol. The van der Waals surface area contributed by atoms with Crippen LogP contribution < -0.4 is 10.4 Å². The number of nitrogens with one attached hydrogen (secondary N) is 1. The molecule has 0 aromatic rings. The van der Waals surface area contributed by atoms with Crippen LogP contribution in [-0.4, -0.2) is 25.4 Å². The summed E-state index contributed by atoms with van der Waals surface area (Å²) in [5.41, 5.74) is 0. The van der Waals surface area contributed by atoms with Crippen LogP contribution >= 0.6 is 0 Å². The van der Waals surface area contributed by atoms with Crippen molar-refractivity contribution < 1.29 is 9.90 Å². The van der Waals surface area contributed by atoms with Gasteiger partial charge in [-0.25, -0.2) is 0 Å². The van der Waals surface area contributed by atoms with Gasteiger partial charge in [0.1, 0.15) is 0 Å². The van der Waals surface area contributed by atoms with Crippen LogP contribution in [0.25, 0.3) is 0 Å². The number of hydrogen-bond donors (Lipinski definition) is 1. The number of aliphatic imine (C=N–C) groups is 1. The Morgan fingerprint density at radius 2 is 2.30 bits per heavy atom. The van der Waals surface area contributed by atoms with E-state index in [0.29, 0.717) is 6.54 Å². The van der Waals surface area contributed by atoms with Crippen molar-refractivity contribution in [3.63, 3.8) is 0 Å². The lowest BCUT2D eigenvalue weighted by molar-refractivity contribution is -0.218. The molecule has 58 valence electrons. The van der Waals surface area contributed by atoms with Crippen molar-refractivity contribution in [3.05, 3.63) is 0 Å². The lowest BCUT2D eigenvalue weighted by Crippen LogP contribution is -2.27. The average Bonchev–Trinajstić information content (AvgIpc) is 1.87. The first kappa shape index (κ1) is 8.94. The van der Waals surface area contributed by atoms with Gasteiger partial charge in [0.2, 0.25) is 5.91 Å².